The number of rotatable bonds is 2. The molecule has 1 aromatic heterocycles. The van der Waals surface area contributed by atoms with Crippen molar-refractivity contribution in [3.8, 4) is 0 Å². The van der Waals surface area contributed by atoms with Crippen LogP contribution < -0.4 is 5.56 Å². The average molecular weight is 245 g/mol. The zero-order valence-corrected chi connectivity index (χ0v) is 10.1. The van der Waals surface area contributed by atoms with Crippen LogP contribution in [0.1, 0.15) is 0 Å². The zero-order chi connectivity index (χ0) is 12.4. The number of morpholine rings is 1. The Morgan fingerprint density at radius 3 is 2.83 bits per heavy atom. The standard InChI is InChI=1S/C13H15N3O2/c17-13-12-4-2-1-3-11(12)9-14-16(13)10-15-5-7-18-8-6-15/h1-4,9H,5-8,10H2. The molecule has 0 unspecified atom stereocenters. The van der Waals surface area contributed by atoms with Gasteiger partial charge in [-0.2, -0.15) is 5.10 Å². The average Bonchev–Trinajstić information content (AvgIpc) is 2.43. The normalized spacial score (nSPS) is 17.1. The zero-order valence-electron chi connectivity index (χ0n) is 10.1. The van der Waals surface area contributed by atoms with E-state index in [1.165, 1.54) is 4.68 Å². The van der Waals surface area contributed by atoms with Crippen LogP contribution in [0.2, 0.25) is 0 Å². The van der Waals surface area contributed by atoms with Crippen LogP contribution >= 0.6 is 0 Å². The molecule has 1 aliphatic rings. The molecule has 18 heavy (non-hydrogen) atoms. The molecule has 0 saturated carbocycles. The van der Waals surface area contributed by atoms with Gasteiger partial charge in [-0.3, -0.25) is 9.69 Å². The summed E-state index contributed by atoms with van der Waals surface area (Å²) < 4.78 is 6.81. The van der Waals surface area contributed by atoms with E-state index in [1.54, 1.807) is 6.20 Å². The lowest BCUT2D eigenvalue weighted by molar-refractivity contribution is 0.0205. The quantitative estimate of drug-likeness (QED) is 0.781. The number of fused-ring (bicyclic) bond motifs is 1. The van der Waals surface area contributed by atoms with Gasteiger partial charge in [0.1, 0.15) is 0 Å². The third-order valence-corrected chi connectivity index (χ3v) is 3.20. The first-order chi connectivity index (χ1) is 8.84. The van der Waals surface area contributed by atoms with E-state index in [4.69, 9.17) is 4.74 Å². The molecule has 0 bridgehead atoms. The molecular formula is C13H15N3O2. The first-order valence-electron chi connectivity index (χ1n) is 6.09. The lowest BCUT2D eigenvalue weighted by Crippen LogP contribution is -2.40. The fraction of sp³-hybridized carbons (Fsp3) is 0.385. The van der Waals surface area contributed by atoms with E-state index in [-0.39, 0.29) is 5.56 Å². The molecule has 3 rings (SSSR count). The molecule has 0 spiro atoms. The van der Waals surface area contributed by atoms with Gasteiger partial charge < -0.3 is 4.74 Å². The number of aromatic nitrogens is 2. The van der Waals surface area contributed by atoms with Crippen LogP contribution in [0.15, 0.2) is 35.3 Å². The highest BCUT2D eigenvalue weighted by Crippen LogP contribution is 2.07. The summed E-state index contributed by atoms with van der Waals surface area (Å²) in [6, 6.07) is 7.54. The first-order valence-corrected chi connectivity index (χ1v) is 6.09. The fourth-order valence-electron chi connectivity index (χ4n) is 2.16. The maximum absolute atomic E-state index is 12.2. The first kappa shape index (κ1) is 11.4. The summed E-state index contributed by atoms with van der Waals surface area (Å²) in [7, 11) is 0. The summed E-state index contributed by atoms with van der Waals surface area (Å²) in [6.45, 7) is 3.68. The third kappa shape index (κ3) is 2.14. The molecule has 5 nitrogen and oxygen atoms in total. The molecule has 1 saturated heterocycles. The van der Waals surface area contributed by atoms with Gasteiger partial charge in [-0.1, -0.05) is 18.2 Å². The van der Waals surface area contributed by atoms with Crippen molar-refractivity contribution < 1.29 is 4.74 Å². The highest BCUT2D eigenvalue weighted by atomic mass is 16.5. The van der Waals surface area contributed by atoms with E-state index >= 15 is 0 Å². The predicted molar refractivity (Wildman–Crippen MR) is 68.4 cm³/mol. The van der Waals surface area contributed by atoms with Gasteiger partial charge in [0.15, 0.2) is 0 Å². The number of benzene rings is 1. The molecule has 2 heterocycles. The van der Waals surface area contributed by atoms with E-state index in [1.807, 2.05) is 24.3 Å². The maximum atomic E-state index is 12.2. The molecule has 1 fully saturated rings. The lowest BCUT2D eigenvalue weighted by Gasteiger charge is -2.26. The highest BCUT2D eigenvalue weighted by Gasteiger charge is 2.12. The van der Waals surface area contributed by atoms with Crippen LogP contribution in [0.3, 0.4) is 0 Å². The Bertz CT molecular complexity index is 602. The maximum Gasteiger partial charge on any atom is 0.275 e. The minimum atomic E-state index is -0.0282. The number of ether oxygens (including phenoxy) is 1. The Labute approximate surface area is 105 Å². The van der Waals surface area contributed by atoms with E-state index < -0.39 is 0 Å². The topological polar surface area (TPSA) is 47.4 Å². The molecule has 0 N–H and O–H groups in total. The van der Waals surface area contributed by atoms with Crippen molar-refractivity contribution in [3.63, 3.8) is 0 Å². The molecule has 0 radical (unpaired) electrons. The largest absolute Gasteiger partial charge is 0.379 e. The summed E-state index contributed by atoms with van der Waals surface area (Å²) >= 11 is 0. The Morgan fingerprint density at radius 2 is 2.00 bits per heavy atom. The predicted octanol–water partition coefficient (Wildman–Crippen LogP) is 0.686. The molecule has 0 atom stereocenters. The van der Waals surface area contributed by atoms with Crippen molar-refractivity contribution in [1.82, 2.24) is 14.7 Å². The van der Waals surface area contributed by atoms with Gasteiger partial charge in [-0.05, 0) is 6.07 Å². The summed E-state index contributed by atoms with van der Waals surface area (Å²) in [4.78, 5) is 14.4. The van der Waals surface area contributed by atoms with Gasteiger partial charge in [-0.25, -0.2) is 4.68 Å². The van der Waals surface area contributed by atoms with E-state index in [0.29, 0.717) is 6.67 Å². The van der Waals surface area contributed by atoms with Crippen LogP contribution in [-0.4, -0.2) is 41.0 Å². The van der Waals surface area contributed by atoms with Crippen molar-refractivity contribution in [1.29, 1.82) is 0 Å². The molecule has 1 aromatic carbocycles. The monoisotopic (exact) mass is 245 g/mol. The van der Waals surface area contributed by atoms with Crippen molar-refractivity contribution >= 4 is 10.8 Å². The van der Waals surface area contributed by atoms with E-state index in [9.17, 15) is 4.79 Å². The van der Waals surface area contributed by atoms with Crippen LogP contribution in [0.4, 0.5) is 0 Å². The summed E-state index contributed by atoms with van der Waals surface area (Å²) in [6.07, 6.45) is 1.75. The van der Waals surface area contributed by atoms with Crippen LogP contribution in [0.5, 0.6) is 0 Å². The summed E-state index contributed by atoms with van der Waals surface area (Å²) in [5.41, 5.74) is -0.0282. The van der Waals surface area contributed by atoms with Crippen molar-refractivity contribution in [2.45, 2.75) is 6.67 Å². The second-order valence-electron chi connectivity index (χ2n) is 4.41. The highest BCUT2D eigenvalue weighted by molar-refractivity contribution is 5.80. The molecule has 0 aliphatic carbocycles. The van der Waals surface area contributed by atoms with Gasteiger partial charge in [-0.15, -0.1) is 0 Å². The van der Waals surface area contributed by atoms with Gasteiger partial charge in [0.2, 0.25) is 0 Å². The van der Waals surface area contributed by atoms with E-state index in [2.05, 4.69) is 10.00 Å². The van der Waals surface area contributed by atoms with Crippen LogP contribution in [-0.2, 0) is 11.4 Å². The molecule has 0 amide bonds. The molecule has 1 aliphatic heterocycles. The van der Waals surface area contributed by atoms with Gasteiger partial charge in [0.25, 0.3) is 5.56 Å². The Balaban J connectivity index is 1.92. The van der Waals surface area contributed by atoms with Crippen LogP contribution in [0, 0.1) is 0 Å². The molecular weight excluding hydrogens is 230 g/mol. The minimum absolute atomic E-state index is 0.0282. The number of hydrogen-bond donors (Lipinski definition) is 0. The lowest BCUT2D eigenvalue weighted by atomic mass is 10.2. The second kappa shape index (κ2) is 4.88. The fourth-order valence-corrected chi connectivity index (χ4v) is 2.16. The van der Waals surface area contributed by atoms with Crippen molar-refractivity contribution in [2.75, 3.05) is 26.3 Å². The minimum Gasteiger partial charge on any atom is -0.379 e. The van der Waals surface area contributed by atoms with Gasteiger partial charge >= 0.3 is 0 Å². The smallest absolute Gasteiger partial charge is 0.275 e. The SMILES string of the molecule is O=c1c2ccccc2cnn1CN1CCOCC1. The van der Waals surface area contributed by atoms with Crippen LogP contribution in [0.25, 0.3) is 10.8 Å². The van der Waals surface area contributed by atoms with Crippen molar-refractivity contribution in [2.24, 2.45) is 0 Å². The summed E-state index contributed by atoms with van der Waals surface area (Å²) in [5, 5.41) is 5.83. The Hall–Kier alpha value is -1.72. The van der Waals surface area contributed by atoms with E-state index in [0.717, 1.165) is 37.1 Å². The third-order valence-electron chi connectivity index (χ3n) is 3.20. The molecule has 94 valence electrons. The van der Waals surface area contributed by atoms with Gasteiger partial charge in [0.05, 0.1) is 31.5 Å². The van der Waals surface area contributed by atoms with Gasteiger partial charge in [0, 0.05) is 18.5 Å². The molecule has 5 heteroatoms. The van der Waals surface area contributed by atoms with Crippen molar-refractivity contribution in [3.05, 3.63) is 40.8 Å². The Morgan fingerprint density at radius 1 is 1.22 bits per heavy atom. The summed E-state index contributed by atoms with van der Waals surface area (Å²) in [5.74, 6) is 0. The number of hydrogen-bond acceptors (Lipinski definition) is 4. The molecule has 2 aromatic rings. The second-order valence-corrected chi connectivity index (χ2v) is 4.41. The Kier molecular flexibility index (Phi) is 3.08. The number of nitrogens with zero attached hydrogens (tertiary/aromatic N) is 3.